The Labute approximate surface area is 138 Å². The average Bonchev–Trinajstić information content (AvgIpc) is 2.48. The van der Waals surface area contributed by atoms with Crippen molar-refractivity contribution in [3.8, 4) is 0 Å². The van der Waals surface area contributed by atoms with E-state index in [1.807, 2.05) is 9.80 Å². The van der Waals surface area contributed by atoms with E-state index in [9.17, 15) is 23.1 Å². The predicted molar refractivity (Wildman–Crippen MR) is 83.1 cm³/mol. The van der Waals surface area contributed by atoms with E-state index in [1.165, 1.54) is 19.1 Å². The lowest BCUT2D eigenvalue weighted by Crippen LogP contribution is -2.51. The molecule has 0 spiro atoms. The van der Waals surface area contributed by atoms with Crippen LogP contribution < -0.4 is 5.73 Å². The Morgan fingerprint density at radius 2 is 1.71 bits per heavy atom. The van der Waals surface area contributed by atoms with Gasteiger partial charge in [-0.25, -0.2) is 0 Å². The molecule has 0 aromatic heterocycles. The number of β-amino-alcohol motifs (C(OH)–C–C–N with tert-alkyl or cyclic N) is 1. The molecule has 1 fully saturated rings. The van der Waals surface area contributed by atoms with E-state index in [2.05, 4.69) is 0 Å². The van der Waals surface area contributed by atoms with Crippen LogP contribution in [0.4, 0.5) is 13.2 Å². The monoisotopic (exact) mass is 345 g/mol. The molecule has 3 N–H and O–H groups in total. The molecule has 1 aliphatic rings. The zero-order valence-electron chi connectivity index (χ0n) is 13.5. The second-order valence-electron chi connectivity index (χ2n) is 6.37. The molecule has 0 radical (unpaired) electrons. The van der Waals surface area contributed by atoms with Crippen LogP contribution in [0.1, 0.15) is 18.1 Å². The highest BCUT2D eigenvalue weighted by Crippen LogP contribution is 2.32. The Morgan fingerprint density at radius 1 is 1.17 bits per heavy atom. The summed E-state index contributed by atoms with van der Waals surface area (Å²) in [6.07, 6.45) is -4.44. The molecule has 24 heavy (non-hydrogen) atoms. The van der Waals surface area contributed by atoms with Gasteiger partial charge in [0.15, 0.2) is 0 Å². The molecular weight excluding hydrogens is 323 g/mol. The van der Waals surface area contributed by atoms with Crippen LogP contribution in [0.15, 0.2) is 24.3 Å². The Morgan fingerprint density at radius 3 is 2.25 bits per heavy atom. The fourth-order valence-electron chi connectivity index (χ4n) is 2.88. The van der Waals surface area contributed by atoms with E-state index in [-0.39, 0.29) is 24.6 Å². The molecule has 8 heteroatoms. The van der Waals surface area contributed by atoms with E-state index in [0.717, 1.165) is 12.1 Å². The van der Waals surface area contributed by atoms with Crippen molar-refractivity contribution in [2.45, 2.75) is 18.7 Å². The van der Waals surface area contributed by atoms with Crippen LogP contribution in [-0.2, 0) is 16.6 Å². The quantitative estimate of drug-likeness (QED) is 0.836. The molecule has 0 saturated carbocycles. The lowest BCUT2D eigenvalue weighted by Gasteiger charge is -2.38. The zero-order valence-corrected chi connectivity index (χ0v) is 13.5. The van der Waals surface area contributed by atoms with E-state index >= 15 is 0 Å². The summed E-state index contributed by atoms with van der Waals surface area (Å²) in [6, 6.07) is 4.78. The number of carbonyl (C=O) groups is 1. The molecule has 0 aliphatic carbocycles. The number of rotatable bonds is 5. The van der Waals surface area contributed by atoms with Crippen LogP contribution in [0.3, 0.4) is 0 Å². The second-order valence-corrected chi connectivity index (χ2v) is 6.37. The SMILES string of the molecule is CC(O)(CN1CCN(CC(N)=O)CC1)c1cccc(C(F)(F)F)c1. The highest BCUT2D eigenvalue weighted by atomic mass is 19.4. The number of nitrogens with zero attached hydrogens (tertiary/aromatic N) is 2. The van der Waals surface area contributed by atoms with Gasteiger partial charge >= 0.3 is 6.18 Å². The highest BCUT2D eigenvalue weighted by molar-refractivity contribution is 5.75. The van der Waals surface area contributed by atoms with Gasteiger partial charge in [0.05, 0.1) is 17.7 Å². The normalized spacial score (nSPS) is 19.9. The molecule has 2 rings (SSSR count). The molecule has 1 amide bonds. The van der Waals surface area contributed by atoms with E-state index < -0.39 is 17.3 Å². The summed E-state index contributed by atoms with van der Waals surface area (Å²) < 4.78 is 38.5. The topological polar surface area (TPSA) is 69.8 Å². The molecule has 1 heterocycles. The van der Waals surface area contributed by atoms with Crippen LogP contribution in [-0.4, -0.2) is 60.1 Å². The summed E-state index contributed by atoms with van der Waals surface area (Å²) in [7, 11) is 0. The third-order valence-corrected chi connectivity index (χ3v) is 4.19. The maximum absolute atomic E-state index is 12.8. The van der Waals surface area contributed by atoms with Gasteiger partial charge in [-0.2, -0.15) is 13.2 Å². The summed E-state index contributed by atoms with van der Waals surface area (Å²) in [5, 5.41) is 10.6. The first-order chi connectivity index (χ1) is 11.1. The Hall–Kier alpha value is -1.64. The third kappa shape index (κ3) is 4.93. The average molecular weight is 345 g/mol. The largest absolute Gasteiger partial charge is 0.416 e. The number of piperazine rings is 1. The minimum Gasteiger partial charge on any atom is -0.384 e. The number of nitrogens with two attached hydrogens (primary N) is 1. The maximum Gasteiger partial charge on any atom is 0.416 e. The van der Waals surface area contributed by atoms with Crippen molar-refractivity contribution in [2.75, 3.05) is 39.3 Å². The molecule has 1 aromatic carbocycles. The first-order valence-electron chi connectivity index (χ1n) is 7.71. The van der Waals surface area contributed by atoms with Crippen molar-refractivity contribution in [2.24, 2.45) is 5.73 Å². The van der Waals surface area contributed by atoms with Crippen LogP contribution >= 0.6 is 0 Å². The summed E-state index contributed by atoms with van der Waals surface area (Å²) in [5.41, 5.74) is 3.22. The van der Waals surface area contributed by atoms with Crippen LogP contribution in [0, 0.1) is 0 Å². The molecule has 134 valence electrons. The molecule has 1 aromatic rings. The van der Waals surface area contributed by atoms with Crippen molar-refractivity contribution in [1.82, 2.24) is 9.80 Å². The lowest BCUT2D eigenvalue weighted by atomic mass is 9.93. The Balaban J connectivity index is 2.00. The number of benzene rings is 1. The Kier molecular flexibility index (Phi) is 5.52. The number of primary amides is 1. The number of hydrogen-bond acceptors (Lipinski definition) is 4. The van der Waals surface area contributed by atoms with Crippen molar-refractivity contribution in [1.29, 1.82) is 0 Å². The van der Waals surface area contributed by atoms with Crippen molar-refractivity contribution >= 4 is 5.91 Å². The lowest BCUT2D eigenvalue weighted by molar-refractivity contribution is -0.137. The predicted octanol–water partition coefficient (Wildman–Crippen LogP) is 1.02. The zero-order chi connectivity index (χ0) is 18.0. The summed E-state index contributed by atoms with van der Waals surface area (Å²) >= 11 is 0. The van der Waals surface area contributed by atoms with Gasteiger partial charge in [-0.05, 0) is 24.6 Å². The molecular formula is C16H22F3N3O2. The van der Waals surface area contributed by atoms with Gasteiger partial charge in [0, 0.05) is 32.7 Å². The van der Waals surface area contributed by atoms with Crippen molar-refractivity contribution in [3.63, 3.8) is 0 Å². The number of aliphatic hydroxyl groups is 1. The van der Waals surface area contributed by atoms with Crippen molar-refractivity contribution in [3.05, 3.63) is 35.4 Å². The fourth-order valence-corrected chi connectivity index (χ4v) is 2.88. The fraction of sp³-hybridized carbons (Fsp3) is 0.562. The van der Waals surface area contributed by atoms with Gasteiger partial charge in [-0.15, -0.1) is 0 Å². The van der Waals surface area contributed by atoms with Gasteiger partial charge in [-0.3, -0.25) is 14.6 Å². The second kappa shape index (κ2) is 7.08. The molecule has 0 bridgehead atoms. The van der Waals surface area contributed by atoms with Gasteiger partial charge in [0.25, 0.3) is 0 Å². The van der Waals surface area contributed by atoms with Crippen LogP contribution in [0.25, 0.3) is 0 Å². The Bertz CT molecular complexity index is 582. The van der Waals surface area contributed by atoms with Gasteiger partial charge in [-0.1, -0.05) is 12.1 Å². The van der Waals surface area contributed by atoms with Gasteiger partial charge in [0.2, 0.25) is 5.91 Å². The standard InChI is InChI=1S/C16H22F3N3O2/c1-15(24,12-3-2-4-13(9-12)16(17,18)19)11-22-7-5-21(6-8-22)10-14(20)23/h2-4,9,24H,5-8,10-11H2,1H3,(H2,20,23). The highest BCUT2D eigenvalue weighted by Gasteiger charge is 2.34. The number of carbonyl (C=O) groups excluding carboxylic acids is 1. The van der Waals surface area contributed by atoms with Crippen LogP contribution in [0.5, 0.6) is 0 Å². The first kappa shape index (κ1) is 18.7. The van der Waals surface area contributed by atoms with Gasteiger partial charge < -0.3 is 10.8 Å². The van der Waals surface area contributed by atoms with Crippen LogP contribution in [0.2, 0.25) is 0 Å². The number of alkyl halides is 3. The smallest absolute Gasteiger partial charge is 0.384 e. The third-order valence-electron chi connectivity index (χ3n) is 4.19. The molecule has 5 nitrogen and oxygen atoms in total. The first-order valence-corrected chi connectivity index (χ1v) is 7.71. The van der Waals surface area contributed by atoms with E-state index in [4.69, 9.17) is 5.73 Å². The molecule has 1 unspecified atom stereocenters. The minimum atomic E-state index is -4.44. The molecule has 1 atom stereocenters. The number of amides is 1. The van der Waals surface area contributed by atoms with E-state index in [0.29, 0.717) is 26.2 Å². The minimum absolute atomic E-state index is 0.192. The number of hydrogen-bond donors (Lipinski definition) is 2. The maximum atomic E-state index is 12.8. The summed E-state index contributed by atoms with van der Waals surface area (Å²) in [4.78, 5) is 14.8. The molecule has 1 saturated heterocycles. The van der Waals surface area contributed by atoms with Crippen molar-refractivity contribution < 1.29 is 23.1 Å². The van der Waals surface area contributed by atoms with Gasteiger partial charge in [0.1, 0.15) is 0 Å². The summed E-state index contributed by atoms with van der Waals surface area (Å²) in [5.74, 6) is -0.389. The van der Waals surface area contributed by atoms with E-state index in [1.54, 1.807) is 0 Å². The number of halogens is 3. The molecule has 1 aliphatic heterocycles. The summed E-state index contributed by atoms with van der Waals surface area (Å²) in [6.45, 7) is 4.41.